The van der Waals surface area contributed by atoms with Gasteiger partial charge in [0.1, 0.15) is 11.5 Å². The van der Waals surface area contributed by atoms with Crippen molar-refractivity contribution in [1.29, 1.82) is 0 Å². The standard InChI is InChI=1S/C48H47N7O5/c1-5-47(56)59-29-11-7-6-10-28-58-39-24-16-36(17-25-39)48(57)60-40-22-14-35(15-23-40)32-50-43-26-27-44(42-13-9-8-12-41(42)43)53-55-46-31-33(2)45(30-34(46)3)54-52-38-20-18-37(19-21-38)51-49-4/h5,8-9,12-27,30-31,50H,1,6-7,10-11,28-29,32H2,2-4H3. The van der Waals surface area contributed by atoms with E-state index in [4.69, 9.17) is 14.2 Å². The van der Waals surface area contributed by atoms with Crippen LogP contribution in [0.25, 0.3) is 10.8 Å². The fourth-order valence-electron chi connectivity index (χ4n) is 6.15. The maximum absolute atomic E-state index is 12.8. The van der Waals surface area contributed by atoms with E-state index in [2.05, 4.69) is 48.6 Å². The quantitative estimate of drug-likeness (QED) is 0.0283. The average molecular weight is 802 g/mol. The van der Waals surface area contributed by atoms with E-state index in [0.717, 1.165) is 87.3 Å². The first kappa shape index (κ1) is 42.3. The van der Waals surface area contributed by atoms with Gasteiger partial charge in [0.25, 0.3) is 0 Å². The van der Waals surface area contributed by atoms with Crippen LogP contribution in [-0.4, -0.2) is 32.2 Å². The second-order valence-electron chi connectivity index (χ2n) is 13.9. The molecule has 0 aliphatic rings. The van der Waals surface area contributed by atoms with Crippen LogP contribution in [0.4, 0.5) is 34.1 Å². The molecule has 0 bridgehead atoms. The van der Waals surface area contributed by atoms with Gasteiger partial charge in [0.15, 0.2) is 0 Å². The van der Waals surface area contributed by atoms with E-state index in [0.29, 0.717) is 36.8 Å². The van der Waals surface area contributed by atoms with E-state index in [9.17, 15) is 9.59 Å². The number of rotatable bonds is 19. The SMILES string of the molecule is C=CC(=O)OCCCCCCOc1ccc(C(=O)Oc2ccc(CNc3ccc(N=Nc4cc(C)c(N=Nc5ccc(N=NC)cc5)cc4C)c4ccccc34)cc2)cc1. The molecule has 0 amide bonds. The fraction of sp³-hybridized carbons (Fsp3) is 0.208. The van der Waals surface area contributed by atoms with Gasteiger partial charge in [0.2, 0.25) is 0 Å². The van der Waals surface area contributed by atoms with E-state index in [1.165, 1.54) is 6.08 Å². The number of fused-ring (bicyclic) bond motifs is 1. The summed E-state index contributed by atoms with van der Waals surface area (Å²) in [5.74, 6) is 0.294. The maximum Gasteiger partial charge on any atom is 0.343 e. The number of nitrogens with one attached hydrogen (secondary N) is 1. The maximum atomic E-state index is 12.8. The number of carbonyl (C=O) groups excluding carboxylic acids is 2. The highest BCUT2D eigenvalue weighted by Gasteiger charge is 2.11. The van der Waals surface area contributed by atoms with E-state index in [1.54, 1.807) is 43.4 Å². The Morgan fingerprint density at radius 2 is 1.23 bits per heavy atom. The number of anilines is 1. The Hall–Kier alpha value is -7.34. The number of nitrogens with zero attached hydrogens (tertiary/aromatic N) is 6. The summed E-state index contributed by atoms with van der Waals surface area (Å²) in [5, 5.41) is 31.5. The molecule has 0 unspecified atom stereocenters. The van der Waals surface area contributed by atoms with Gasteiger partial charge in [-0.3, -0.25) is 0 Å². The number of esters is 2. The van der Waals surface area contributed by atoms with E-state index < -0.39 is 11.9 Å². The van der Waals surface area contributed by atoms with Gasteiger partial charge in [-0.25, -0.2) is 9.59 Å². The summed E-state index contributed by atoms with van der Waals surface area (Å²) < 4.78 is 16.4. The molecule has 0 fully saturated rings. The summed E-state index contributed by atoms with van der Waals surface area (Å²) in [5.41, 5.74) is 8.03. The highest BCUT2D eigenvalue weighted by Crippen LogP contribution is 2.35. The molecule has 0 radical (unpaired) electrons. The minimum absolute atomic E-state index is 0.395. The van der Waals surface area contributed by atoms with Crippen molar-refractivity contribution in [2.45, 2.75) is 46.1 Å². The normalized spacial score (nSPS) is 11.4. The molecule has 0 heterocycles. The zero-order valence-electron chi connectivity index (χ0n) is 34.0. The first-order valence-corrected chi connectivity index (χ1v) is 19.7. The lowest BCUT2D eigenvalue weighted by Gasteiger charge is -2.12. The second kappa shape index (κ2) is 21.4. The molecule has 12 heteroatoms. The highest BCUT2D eigenvalue weighted by molar-refractivity contribution is 6.00. The van der Waals surface area contributed by atoms with Crippen molar-refractivity contribution in [2.24, 2.45) is 30.7 Å². The van der Waals surface area contributed by atoms with Gasteiger partial charge in [0.05, 0.1) is 47.2 Å². The van der Waals surface area contributed by atoms with Crippen LogP contribution < -0.4 is 14.8 Å². The third-order valence-corrected chi connectivity index (χ3v) is 9.44. The molecular weight excluding hydrogens is 755 g/mol. The number of carbonyl (C=O) groups is 2. The molecule has 12 nitrogen and oxygen atoms in total. The Kier molecular flexibility index (Phi) is 15.1. The second-order valence-corrected chi connectivity index (χ2v) is 13.9. The van der Waals surface area contributed by atoms with Crippen molar-refractivity contribution in [2.75, 3.05) is 25.6 Å². The van der Waals surface area contributed by atoms with Crippen LogP contribution >= 0.6 is 0 Å². The molecule has 6 aromatic carbocycles. The largest absolute Gasteiger partial charge is 0.494 e. The zero-order valence-corrected chi connectivity index (χ0v) is 34.0. The third kappa shape index (κ3) is 12.1. The molecule has 0 aliphatic heterocycles. The van der Waals surface area contributed by atoms with E-state index >= 15 is 0 Å². The van der Waals surface area contributed by atoms with E-state index in [-0.39, 0.29) is 0 Å². The smallest absolute Gasteiger partial charge is 0.343 e. The molecule has 0 saturated carbocycles. The lowest BCUT2D eigenvalue weighted by molar-refractivity contribution is -0.137. The zero-order chi connectivity index (χ0) is 42.1. The van der Waals surface area contributed by atoms with Gasteiger partial charge < -0.3 is 19.5 Å². The summed E-state index contributed by atoms with van der Waals surface area (Å²) in [6, 6.07) is 37.7. The van der Waals surface area contributed by atoms with Crippen molar-refractivity contribution in [3.05, 3.63) is 156 Å². The summed E-state index contributed by atoms with van der Waals surface area (Å²) in [6.07, 6.45) is 4.75. The predicted molar refractivity (Wildman–Crippen MR) is 235 cm³/mol. The number of hydrogen-bond acceptors (Lipinski definition) is 12. The summed E-state index contributed by atoms with van der Waals surface area (Å²) in [4.78, 5) is 23.9. The first-order chi connectivity index (χ1) is 29.3. The molecule has 6 aromatic rings. The van der Waals surface area contributed by atoms with Crippen LogP contribution in [0.15, 0.2) is 165 Å². The minimum atomic E-state index is -0.448. The molecule has 6 rings (SSSR count). The lowest BCUT2D eigenvalue weighted by atomic mass is 10.1. The third-order valence-electron chi connectivity index (χ3n) is 9.44. The molecule has 0 saturated heterocycles. The van der Waals surface area contributed by atoms with Gasteiger partial charge in [-0.2, -0.15) is 25.6 Å². The van der Waals surface area contributed by atoms with Crippen LogP contribution in [0.3, 0.4) is 0 Å². The van der Waals surface area contributed by atoms with Gasteiger partial charge in [-0.1, -0.05) is 43.0 Å². The number of unbranched alkanes of at least 4 members (excludes halogenated alkanes) is 3. The molecular formula is C48H47N7O5. The Balaban J connectivity index is 0.995. The molecule has 304 valence electrons. The average Bonchev–Trinajstić information content (AvgIpc) is 3.27. The number of ether oxygens (including phenoxy) is 3. The number of hydrogen-bond donors (Lipinski definition) is 1. The number of azo groups is 3. The van der Waals surface area contributed by atoms with Crippen LogP contribution in [0.2, 0.25) is 0 Å². The van der Waals surface area contributed by atoms with Crippen molar-refractivity contribution in [1.82, 2.24) is 0 Å². The van der Waals surface area contributed by atoms with Crippen molar-refractivity contribution in [3.63, 3.8) is 0 Å². The van der Waals surface area contributed by atoms with Crippen LogP contribution in [-0.2, 0) is 16.1 Å². The molecule has 0 atom stereocenters. The van der Waals surface area contributed by atoms with Gasteiger partial charge in [-0.15, -0.1) is 5.11 Å². The molecule has 60 heavy (non-hydrogen) atoms. The summed E-state index contributed by atoms with van der Waals surface area (Å²) in [7, 11) is 1.63. The minimum Gasteiger partial charge on any atom is -0.494 e. The summed E-state index contributed by atoms with van der Waals surface area (Å²) >= 11 is 0. The predicted octanol–water partition coefficient (Wildman–Crippen LogP) is 13.5. The number of aryl methyl sites for hydroxylation is 2. The topological polar surface area (TPSA) is 148 Å². The molecule has 0 aliphatic carbocycles. The van der Waals surface area contributed by atoms with Crippen LogP contribution in [0.5, 0.6) is 11.5 Å². The lowest BCUT2D eigenvalue weighted by Crippen LogP contribution is -2.08. The fourth-order valence-corrected chi connectivity index (χ4v) is 6.15. The van der Waals surface area contributed by atoms with Crippen molar-refractivity contribution in [3.8, 4) is 11.5 Å². The van der Waals surface area contributed by atoms with E-state index in [1.807, 2.05) is 92.7 Å². The van der Waals surface area contributed by atoms with Gasteiger partial charge in [-0.05, 0) is 141 Å². The van der Waals surface area contributed by atoms with Gasteiger partial charge >= 0.3 is 11.9 Å². The first-order valence-electron chi connectivity index (χ1n) is 19.7. The van der Waals surface area contributed by atoms with Crippen molar-refractivity contribution >= 4 is 56.8 Å². The van der Waals surface area contributed by atoms with Gasteiger partial charge in [0, 0.05) is 36.1 Å². The van der Waals surface area contributed by atoms with Crippen LogP contribution in [0, 0.1) is 13.8 Å². The van der Waals surface area contributed by atoms with Crippen molar-refractivity contribution < 1.29 is 23.8 Å². The summed E-state index contributed by atoms with van der Waals surface area (Å²) in [6.45, 7) is 8.86. The number of benzene rings is 6. The molecule has 0 spiro atoms. The molecule has 1 N–H and O–H groups in total. The monoisotopic (exact) mass is 801 g/mol. The Morgan fingerprint density at radius 3 is 1.90 bits per heavy atom. The highest BCUT2D eigenvalue weighted by atomic mass is 16.5. The Morgan fingerprint density at radius 1 is 0.633 bits per heavy atom. The Labute approximate surface area is 349 Å². The van der Waals surface area contributed by atoms with Crippen LogP contribution in [0.1, 0.15) is 52.7 Å². The Bertz CT molecular complexity index is 2500. The molecule has 0 aromatic heterocycles.